The summed E-state index contributed by atoms with van der Waals surface area (Å²) >= 11 is 4.06. The summed E-state index contributed by atoms with van der Waals surface area (Å²) in [6.45, 7) is 21.2. The quantitative estimate of drug-likeness (QED) is 0.167. The Morgan fingerprint density at radius 3 is 1.57 bits per heavy atom. The highest BCUT2D eigenvalue weighted by molar-refractivity contribution is 8.15. The molecule has 0 aromatic rings. The summed E-state index contributed by atoms with van der Waals surface area (Å²) in [6.07, 6.45) is -5.31. The lowest BCUT2D eigenvalue weighted by molar-refractivity contribution is -0.210. The number of nitrogens with zero attached hydrogens (tertiary/aromatic N) is 4. The third kappa shape index (κ3) is 12.5. The van der Waals surface area contributed by atoms with E-state index in [9.17, 15) is 40.5 Å². The molecule has 1 amide bonds. The summed E-state index contributed by atoms with van der Waals surface area (Å²) in [5.74, 6) is -0.0817. The Morgan fingerprint density at radius 2 is 1.20 bits per heavy atom. The fourth-order valence-corrected chi connectivity index (χ4v) is 10.8. The van der Waals surface area contributed by atoms with Crippen molar-refractivity contribution in [1.29, 1.82) is 0 Å². The molecule has 6 heterocycles. The molecule has 6 aliphatic rings. The molecule has 0 aromatic carbocycles. The molecule has 15 atom stereocenters. The van der Waals surface area contributed by atoms with Gasteiger partial charge in [0.25, 0.3) is 0 Å². The van der Waals surface area contributed by atoms with Gasteiger partial charge in [-0.3, -0.25) is 19.9 Å². The largest absolute Gasteiger partial charge is 0.443 e. The van der Waals surface area contributed by atoms with Gasteiger partial charge in [-0.15, -0.1) is 6.58 Å². The van der Waals surface area contributed by atoms with Crippen molar-refractivity contribution in [2.24, 2.45) is 20.9 Å². The molecule has 6 rings (SSSR count). The topological polar surface area (TPSA) is 269 Å². The second kappa shape index (κ2) is 20.2. The minimum atomic E-state index is -1.21. The molecule has 0 bridgehead atoms. The number of thioether (sulfide) groups is 3. The third-order valence-electron chi connectivity index (χ3n) is 10.5. The molecule has 350 valence electrons. The first-order chi connectivity index (χ1) is 28.0. The number of fused-ring (bicyclic) bond motifs is 3. The number of aliphatic hydroxyl groups is 7. The van der Waals surface area contributed by atoms with Gasteiger partial charge >= 0.3 is 6.09 Å². The average molecular weight is 925 g/mol. The fourth-order valence-electron chi connectivity index (χ4n) is 7.50. The van der Waals surface area contributed by atoms with Gasteiger partial charge in [0.15, 0.2) is 15.5 Å². The lowest BCUT2D eigenvalue weighted by Crippen LogP contribution is -2.63. The average Bonchev–Trinajstić information content (AvgIpc) is 3.89. The van der Waals surface area contributed by atoms with E-state index in [0.717, 1.165) is 0 Å². The number of carbonyl (C=O) groups is 1. The molecule has 61 heavy (non-hydrogen) atoms. The zero-order valence-electron chi connectivity index (χ0n) is 37.2. The van der Waals surface area contributed by atoms with Gasteiger partial charge in [0.1, 0.15) is 64.6 Å². The van der Waals surface area contributed by atoms with Crippen LogP contribution in [0.25, 0.3) is 0 Å². The predicted octanol–water partition coefficient (Wildman–Crippen LogP) is 0.817. The second-order valence-corrected chi connectivity index (χ2v) is 21.6. The van der Waals surface area contributed by atoms with Crippen LogP contribution in [0.2, 0.25) is 0 Å². The van der Waals surface area contributed by atoms with Crippen LogP contribution < -0.4 is 10.6 Å². The third-order valence-corrected chi connectivity index (χ3v) is 14.0. The van der Waals surface area contributed by atoms with E-state index in [2.05, 4.69) is 27.2 Å². The van der Waals surface area contributed by atoms with Crippen LogP contribution in [0.5, 0.6) is 0 Å². The van der Waals surface area contributed by atoms with E-state index in [0.29, 0.717) is 22.1 Å². The Labute approximate surface area is 371 Å². The Kier molecular flexibility index (Phi) is 17.2. The van der Waals surface area contributed by atoms with Gasteiger partial charge in [-0.2, -0.15) is 0 Å². The highest BCUT2D eigenvalue weighted by Gasteiger charge is 2.55. The van der Waals surface area contributed by atoms with E-state index < -0.39 is 83.3 Å². The van der Waals surface area contributed by atoms with Crippen molar-refractivity contribution in [2.75, 3.05) is 27.7 Å². The van der Waals surface area contributed by atoms with Crippen molar-refractivity contribution in [3.8, 4) is 0 Å². The van der Waals surface area contributed by atoms with Crippen molar-refractivity contribution in [1.82, 2.24) is 15.5 Å². The Balaban J connectivity index is 0.000000210. The summed E-state index contributed by atoms with van der Waals surface area (Å²) in [5, 5.41) is 78.2. The number of amides is 1. The molecule has 0 saturated carbocycles. The van der Waals surface area contributed by atoms with Gasteiger partial charge in [0.2, 0.25) is 0 Å². The van der Waals surface area contributed by atoms with Crippen LogP contribution >= 0.6 is 35.3 Å². The summed E-state index contributed by atoms with van der Waals surface area (Å²) < 4.78 is 28.9. The predicted molar refractivity (Wildman–Crippen MR) is 237 cm³/mol. The van der Waals surface area contributed by atoms with Gasteiger partial charge in [-0.1, -0.05) is 48.3 Å². The van der Waals surface area contributed by atoms with E-state index in [1.807, 2.05) is 27.7 Å². The van der Waals surface area contributed by atoms with Crippen LogP contribution in [-0.2, 0) is 23.7 Å². The summed E-state index contributed by atoms with van der Waals surface area (Å²) in [4.78, 5) is 26.5. The molecular weight excluding hydrogens is 857 g/mol. The zero-order valence-corrected chi connectivity index (χ0v) is 39.7. The van der Waals surface area contributed by atoms with Gasteiger partial charge in [0, 0.05) is 27.1 Å². The van der Waals surface area contributed by atoms with Gasteiger partial charge in [0.05, 0.1) is 47.7 Å². The number of hydrogen-bond acceptors (Lipinski definition) is 19. The lowest BCUT2D eigenvalue weighted by Gasteiger charge is -2.45. The van der Waals surface area contributed by atoms with Crippen molar-refractivity contribution >= 4 is 56.9 Å². The highest BCUT2D eigenvalue weighted by Crippen LogP contribution is 2.44. The molecule has 0 radical (unpaired) electrons. The summed E-state index contributed by atoms with van der Waals surface area (Å²) in [7, 11) is 4.92. The van der Waals surface area contributed by atoms with Gasteiger partial charge in [-0.05, 0) is 62.3 Å². The summed E-state index contributed by atoms with van der Waals surface area (Å²) in [5.41, 5.74) is -5.06. The standard InChI is InChI=1S/C19H32N2O5S.2C10H18N2O4S/c1-9-10-24-13-11(2)14(19(6,7)23)25-15-12(13)20-16(27-15)21(8)17(22)26-18(3,4)5;2*1-10(2,15)7-6(14)5(13)4-8(16-7)17-9(11-3)12-4/h9,11-15,23H,1,10H2,2-8H3;2*4-8,13-15H,1-3H3,(H,11,12)/t11-,12+,13-,14-,15+;2*4-,5-,6+,7+,8-/m011/s1. The van der Waals surface area contributed by atoms with Crippen LogP contribution in [0.15, 0.2) is 27.6 Å². The summed E-state index contributed by atoms with van der Waals surface area (Å²) in [6, 6.07) is -1.07. The maximum absolute atomic E-state index is 12.4. The minimum absolute atomic E-state index is 0.0817. The minimum Gasteiger partial charge on any atom is -0.443 e. The molecule has 22 heteroatoms. The Morgan fingerprint density at radius 1 is 0.770 bits per heavy atom. The lowest BCUT2D eigenvalue weighted by atomic mass is 9.82. The molecule has 0 aliphatic carbocycles. The maximum Gasteiger partial charge on any atom is 0.416 e. The van der Waals surface area contributed by atoms with Gasteiger partial charge < -0.3 is 70.1 Å². The monoisotopic (exact) mass is 924 g/mol. The Bertz CT molecular complexity index is 1550. The number of nitrogens with one attached hydrogen (secondary N) is 2. The number of carbonyl (C=O) groups excluding carboxylic acids is 1. The number of ether oxygens (including phenoxy) is 5. The molecule has 5 fully saturated rings. The molecular formula is C39H68N6O13S3. The van der Waals surface area contributed by atoms with Crippen LogP contribution in [-0.4, -0.2) is 196 Å². The first kappa shape index (κ1) is 51.9. The van der Waals surface area contributed by atoms with Crippen LogP contribution in [0.4, 0.5) is 4.79 Å². The van der Waals surface area contributed by atoms with Crippen LogP contribution in [0.1, 0.15) is 69.2 Å². The van der Waals surface area contributed by atoms with E-state index in [4.69, 9.17) is 28.7 Å². The normalized spacial score (nSPS) is 38.6. The van der Waals surface area contributed by atoms with Crippen LogP contribution in [0, 0.1) is 5.92 Å². The van der Waals surface area contributed by atoms with Gasteiger partial charge in [-0.25, -0.2) is 4.79 Å². The smallest absolute Gasteiger partial charge is 0.416 e. The van der Waals surface area contributed by atoms with E-state index in [1.54, 1.807) is 68.8 Å². The Hall–Kier alpha value is -1.77. The number of aliphatic hydroxyl groups excluding tert-OH is 4. The van der Waals surface area contributed by atoms with Crippen molar-refractivity contribution in [3.05, 3.63) is 12.7 Å². The van der Waals surface area contributed by atoms with Crippen molar-refractivity contribution in [2.45, 2.75) is 175 Å². The van der Waals surface area contributed by atoms with Crippen LogP contribution in [0.3, 0.4) is 0 Å². The van der Waals surface area contributed by atoms with Crippen molar-refractivity contribution < 1.29 is 64.2 Å². The molecule has 6 aliphatic heterocycles. The first-order valence-electron chi connectivity index (χ1n) is 20.1. The molecule has 0 aromatic heterocycles. The molecule has 0 spiro atoms. The first-order valence-corrected chi connectivity index (χ1v) is 22.8. The van der Waals surface area contributed by atoms with Crippen molar-refractivity contribution in [3.63, 3.8) is 0 Å². The number of aliphatic imine (C=N–C) groups is 3. The van der Waals surface area contributed by atoms with E-state index in [1.165, 1.54) is 40.2 Å². The number of rotatable bonds is 6. The molecule has 9 N–H and O–H groups in total. The van der Waals surface area contributed by atoms with E-state index >= 15 is 0 Å². The van der Waals surface area contributed by atoms with E-state index in [-0.39, 0.29) is 34.4 Å². The maximum atomic E-state index is 12.4. The SMILES string of the molecule is C=CCO[C@H]1[C@H](C)[C@@H](C(C)(C)O)O[C@@H]2SC(N(C)C(=O)OC(C)(C)C)=N[C@H]12.CN=C1N[C@@H]2[C@@H](O)[C@H](O)[C@@H](C(C)(C)O)O[C@@H]2S1.CN=C1N[C@@H]2[C@@H](O)[C@H](O)[C@@H](C(C)(C)O)O[C@@H]2S1. The molecule has 0 unspecified atom stereocenters. The molecule has 5 saturated heterocycles. The zero-order chi connectivity index (χ0) is 46.2. The highest BCUT2D eigenvalue weighted by atomic mass is 32.2. The molecule has 19 nitrogen and oxygen atoms in total. The number of hydrogen-bond donors (Lipinski definition) is 9. The fraction of sp³-hybridized carbons (Fsp3) is 0.846. The second-order valence-electron chi connectivity index (χ2n) is 18.3. The number of amidine groups is 3.